The van der Waals surface area contributed by atoms with E-state index in [0.29, 0.717) is 29.0 Å². The molecule has 3 heterocycles. The molecule has 4 N–H and O–H groups in total. The van der Waals surface area contributed by atoms with Gasteiger partial charge >= 0.3 is 0 Å². The minimum absolute atomic E-state index is 0.141. The van der Waals surface area contributed by atoms with E-state index < -0.39 is 6.10 Å². The molecule has 9 heteroatoms. The van der Waals surface area contributed by atoms with Crippen molar-refractivity contribution in [2.75, 3.05) is 11.9 Å². The summed E-state index contributed by atoms with van der Waals surface area (Å²) in [6, 6.07) is 8.59. The number of ether oxygens (including phenoxy) is 1. The predicted molar refractivity (Wildman–Crippen MR) is 93.3 cm³/mol. The second-order valence-corrected chi connectivity index (χ2v) is 6.08. The van der Waals surface area contributed by atoms with Crippen molar-refractivity contribution in [3.63, 3.8) is 0 Å². The monoisotopic (exact) mass is 354 g/mol. The van der Waals surface area contributed by atoms with Crippen LogP contribution < -0.4 is 11.1 Å². The van der Waals surface area contributed by atoms with Crippen LogP contribution in [0.5, 0.6) is 0 Å². The number of aliphatic hydroxyl groups excluding tert-OH is 1. The van der Waals surface area contributed by atoms with E-state index in [9.17, 15) is 9.90 Å². The molecule has 0 radical (unpaired) electrons. The van der Waals surface area contributed by atoms with Crippen molar-refractivity contribution in [3.05, 3.63) is 48.5 Å². The largest absolute Gasteiger partial charge is 0.394 e. The number of aromatic nitrogens is 4. The maximum absolute atomic E-state index is 12.4. The minimum Gasteiger partial charge on any atom is -0.394 e. The van der Waals surface area contributed by atoms with E-state index in [1.165, 1.54) is 6.33 Å². The standard InChI is InChI=1S/C17H18N6O3/c18-11-6-13(26-12(11)7-24)23-9-21-14-15(19-8-20-16(14)23)22-17(25)10-4-2-1-3-5-10/h1-5,8-9,11-13,24H,6-7,18H2,(H,19,20,22,25)/t11?,12-,13-/m1/s1. The maximum Gasteiger partial charge on any atom is 0.256 e. The van der Waals surface area contributed by atoms with Gasteiger partial charge in [0.05, 0.1) is 19.0 Å². The van der Waals surface area contributed by atoms with Crippen LogP contribution in [0.25, 0.3) is 11.2 Å². The van der Waals surface area contributed by atoms with Crippen molar-refractivity contribution in [2.24, 2.45) is 5.73 Å². The first-order chi connectivity index (χ1) is 12.7. The van der Waals surface area contributed by atoms with Crippen molar-refractivity contribution in [3.8, 4) is 0 Å². The summed E-state index contributed by atoms with van der Waals surface area (Å²) in [4.78, 5) is 25.1. The van der Waals surface area contributed by atoms with Crippen LogP contribution in [0.1, 0.15) is 23.0 Å². The zero-order chi connectivity index (χ0) is 18.1. The van der Waals surface area contributed by atoms with Crippen LogP contribution in [0.3, 0.4) is 0 Å². The number of rotatable bonds is 4. The maximum atomic E-state index is 12.4. The lowest BCUT2D eigenvalue weighted by molar-refractivity contribution is -0.0233. The Hall–Kier alpha value is -2.88. The van der Waals surface area contributed by atoms with Gasteiger partial charge in [0.15, 0.2) is 17.0 Å². The molecular weight excluding hydrogens is 336 g/mol. The summed E-state index contributed by atoms with van der Waals surface area (Å²) in [5, 5.41) is 12.1. The van der Waals surface area contributed by atoms with Crippen LogP contribution in [-0.4, -0.2) is 49.3 Å². The van der Waals surface area contributed by atoms with E-state index in [-0.39, 0.29) is 24.8 Å². The Morgan fingerprint density at radius 1 is 1.31 bits per heavy atom. The molecule has 1 unspecified atom stereocenters. The van der Waals surface area contributed by atoms with Crippen LogP contribution in [0.2, 0.25) is 0 Å². The third-order valence-electron chi connectivity index (χ3n) is 4.40. The fourth-order valence-electron chi connectivity index (χ4n) is 3.02. The van der Waals surface area contributed by atoms with Gasteiger partial charge in [0, 0.05) is 18.0 Å². The van der Waals surface area contributed by atoms with Crippen LogP contribution in [0.4, 0.5) is 5.82 Å². The highest BCUT2D eigenvalue weighted by atomic mass is 16.5. The van der Waals surface area contributed by atoms with Crippen LogP contribution in [-0.2, 0) is 4.74 Å². The highest BCUT2D eigenvalue weighted by molar-refractivity contribution is 6.06. The molecule has 0 bridgehead atoms. The number of hydrogen-bond donors (Lipinski definition) is 3. The predicted octanol–water partition coefficient (Wildman–Crippen LogP) is 0.686. The Labute approximate surface area is 148 Å². The number of carbonyl (C=O) groups excluding carboxylic acids is 1. The molecule has 1 amide bonds. The zero-order valence-electron chi connectivity index (χ0n) is 13.8. The van der Waals surface area contributed by atoms with Crippen molar-refractivity contribution < 1.29 is 14.6 Å². The molecule has 26 heavy (non-hydrogen) atoms. The Morgan fingerprint density at radius 3 is 2.85 bits per heavy atom. The van der Waals surface area contributed by atoms with Gasteiger partial charge in [-0.1, -0.05) is 18.2 Å². The Kier molecular flexibility index (Phi) is 4.33. The van der Waals surface area contributed by atoms with Gasteiger partial charge in [-0.25, -0.2) is 15.0 Å². The molecule has 1 fully saturated rings. The first kappa shape index (κ1) is 16.6. The number of hydrogen-bond acceptors (Lipinski definition) is 7. The third kappa shape index (κ3) is 2.92. The van der Waals surface area contributed by atoms with Crippen molar-refractivity contribution in [1.82, 2.24) is 19.5 Å². The Bertz CT molecular complexity index is 929. The molecule has 1 saturated heterocycles. The summed E-state index contributed by atoms with van der Waals surface area (Å²) in [5.74, 6) is 0.0447. The van der Waals surface area contributed by atoms with Gasteiger partial charge in [-0.05, 0) is 12.1 Å². The number of nitrogens with two attached hydrogens (primary N) is 1. The molecule has 1 aromatic carbocycles. The summed E-state index contributed by atoms with van der Waals surface area (Å²) in [7, 11) is 0. The third-order valence-corrected chi connectivity index (χ3v) is 4.40. The number of carbonyl (C=O) groups is 1. The van der Waals surface area contributed by atoms with Gasteiger partial charge in [-0.3, -0.25) is 9.36 Å². The van der Waals surface area contributed by atoms with Crippen molar-refractivity contribution >= 4 is 22.9 Å². The van der Waals surface area contributed by atoms with E-state index in [1.807, 2.05) is 6.07 Å². The number of amides is 1. The quantitative estimate of drug-likeness (QED) is 0.628. The average molecular weight is 354 g/mol. The lowest BCUT2D eigenvalue weighted by atomic mass is 10.1. The van der Waals surface area contributed by atoms with Gasteiger partial charge in [-0.2, -0.15) is 0 Å². The van der Waals surface area contributed by atoms with Gasteiger partial charge in [0.2, 0.25) is 0 Å². The molecule has 4 rings (SSSR count). The van der Waals surface area contributed by atoms with E-state index in [1.54, 1.807) is 35.2 Å². The van der Waals surface area contributed by atoms with Gasteiger partial charge < -0.3 is 20.9 Å². The second-order valence-electron chi connectivity index (χ2n) is 6.08. The molecule has 9 nitrogen and oxygen atoms in total. The van der Waals surface area contributed by atoms with Gasteiger partial charge in [0.1, 0.15) is 12.6 Å². The van der Waals surface area contributed by atoms with E-state index in [4.69, 9.17) is 10.5 Å². The number of fused-ring (bicyclic) bond motifs is 1. The average Bonchev–Trinajstić information content (AvgIpc) is 3.26. The Morgan fingerprint density at radius 2 is 2.12 bits per heavy atom. The highest BCUT2D eigenvalue weighted by Gasteiger charge is 2.34. The zero-order valence-corrected chi connectivity index (χ0v) is 13.8. The van der Waals surface area contributed by atoms with Crippen LogP contribution in [0.15, 0.2) is 43.0 Å². The highest BCUT2D eigenvalue weighted by Crippen LogP contribution is 2.30. The summed E-state index contributed by atoms with van der Waals surface area (Å²) < 4.78 is 7.51. The van der Waals surface area contributed by atoms with E-state index in [2.05, 4.69) is 20.3 Å². The van der Waals surface area contributed by atoms with E-state index >= 15 is 0 Å². The van der Waals surface area contributed by atoms with Crippen LogP contribution >= 0.6 is 0 Å². The molecule has 2 aromatic heterocycles. The number of aliphatic hydroxyl groups is 1. The minimum atomic E-state index is -0.420. The first-order valence-electron chi connectivity index (χ1n) is 8.23. The summed E-state index contributed by atoms with van der Waals surface area (Å²) in [6.45, 7) is -0.141. The molecule has 0 spiro atoms. The molecule has 1 aliphatic rings. The lowest BCUT2D eigenvalue weighted by Gasteiger charge is -2.13. The smallest absolute Gasteiger partial charge is 0.256 e. The number of benzene rings is 1. The molecule has 1 aliphatic heterocycles. The van der Waals surface area contributed by atoms with E-state index in [0.717, 1.165) is 0 Å². The molecule has 0 saturated carbocycles. The Balaban J connectivity index is 1.63. The van der Waals surface area contributed by atoms with Crippen LogP contribution in [0, 0.1) is 0 Å². The molecule has 3 aromatic rings. The first-order valence-corrected chi connectivity index (χ1v) is 8.23. The number of nitrogens with one attached hydrogen (secondary N) is 1. The second kappa shape index (κ2) is 6.79. The lowest BCUT2D eigenvalue weighted by Crippen LogP contribution is -2.32. The van der Waals surface area contributed by atoms with Crippen molar-refractivity contribution in [1.29, 1.82) is 0 Å². The molecule has 3 atom stereocenters. The molecule has 0 aliphatic carbocycles. The van der Waals surface area contributed by atoms with Gasteiger partial charge in [-0.15, -0.1) is 0 Å². The number of anilines is 1. The number of imidazole rings is 1. The molecule has 134 valence electrons. The van der Waals surface area contributed by atoms with Crippen molar-refractivity contribution in [2.45, 2.75) is 24.8 Å². The topological polar surface area (TPSA) is 128 Å². The fourth-order valence-corrected chi connectivity index (χ4v) is 3.02. The summed E-state index contributed by atoms with van der Waals surface area (Å²) in [6.07, 6.45) is 2.68. The normalized spacial score (nSPS) is 22.6. The SMILES string of the molecule is NC1C[C@H](n2cnc3c(NC(=O)c4ccccc4)ncnc32)O[C@@H]1CO. The summed E-state index contributed by atoms with van der Waals surface area (Å²) >= 11 is 0. The fraction of sp³-hybridized carbons (Fsp3) is 0.294. The number of nitrogens with zero attached hydrogens (tertiary/aromatic N) is 4. The summed E-state index contributed by atoms with van der Waals surface area (Å²) in [5.41, 5.74) is 7.49. The van der Waals surface area contributed by atoms with Gasteiger partial charge in [0.25, 0.3) is 5.91 Å². The molecular formula is C17H18N6O3.